The number of rotatable bonds is 0. The third-order valence-electron chi connectivity index (χ3n) is 1.66. The second-order valence-corrected chi connectivity index (χ2v) is 5.92. The van der Waals surface area contributed by atoms with E-state index in [1.165, 1.54) is 11.1 Å². The topological polar surface area (TPSA) is 0 Å². The molecule has 0 heterocycles. The molecule has 18 heavy (non-hydrogen) atoms. The van der Waals surface area contributed by atoms with E-state index in [-0.39, 0.29) is 50.7 Å². The summed E-state index contributed by atoms with van der Waals surface area (Å²) in [6.45, 7) is 4.17. The summed E-state index contributed by atoms with van der Waals surface area (Å²) in [4.78, 5) is 0. The van der Waals surface area contributed by atoms with Gasteiger partial charge in [-0.05, 0) is 0 Å². The zero-order valence-electron chi connectivity index (χ0n) is 11.5. The zero-order chi connectivity index (χ0) is 11.5. The zero-order valence-corrected chi connectivity index (χ0v) is 19.0. The molecule has 0 aliphatic heterocycles. The van der Waals surface area contributed by atoms with Gasteiger partial charge in [0.15, 0.2) is 0 Å². The Kier molecular flexibility index (Phi) is 30.1. The normalized spacial score (nSPS) is 6.89. The van der Waals surface area contributed by atoms with Crippen molar-refractivity contribution in [3.05, 3.63) is 59.7 Å². The van der Waals surface area contributed by atoms with Crippen LogP contribution in [0.15, 0.2) is 48.5 Å². The Morgan fingerprint density at radius 3 is 0.889 bits per heavy atom. The van der Waals surface area contributed by atoms with E-state index < -0.39 is 0 Å². The van der Waals surface area contributed by atoms with Gasteiger partial charge in [-0.3, -0.25) is 0 Å². The monoisotopic (exact) mass is 513 g/mol. The van der Waals surface area contributed by atoms with Gasteiger partial charge in [0.25, 0.3) is 0 Å². The van der Waals surface area contributed by atoms with E-state index in [0.29, 0.717) is 15.4 Å². The van der Waals surface area contributed by atoms with E-state index in [1.807, 2.05) is 24.3 Å². The molecule has 0 N–H and O–H groups in total. The molecule has 0 saturated heterocycles. The van der Waals surface area contributed by atoms with Crippen LogP contribution in [0.25, 0.3) is 0 Å². The van der Waals surface area contributed by atoms with E-state index in [2.05, 4.69) is 49.6 Å². The SMILES string of the molecule is C[c-]1cccc1.C[c-]1cccc1.[CH3][GeH][CH3].[Cl-].[Cl-].[Hf+4]. The van der Waals surface area contributed by atoms with Crippen molar-refractivity contribution in [1.82, 2.24) is 0 Å². The summed E-state index contributed by atoms with van der Waals surface area (Å²) in [5, 5.41) is 0. The van der Waals surface area contributed by atoms with Gasteiger partial charge in [-0.2, -0.15) is 35.4 Å². The molecule has 0 unspecified atom stereocenters. The summed E-state index contributed by atoms with van der Waals surface area (Å²) < 4.78 is 0. The second-order valence-electron chi connectivity index (χ2n) is 3.50. The van der Waals surface area contributed by atoms with E-state index in [1.54, 1.807) is 0 Å². The van der Waals surface area contributed by atoms with Gasteiger partial charge in [0.1, 0.15) is 0 Å². The maximum Gasteiger partial charge on any atom is 4.00 e. The van der Waals surface area contributed by atoms with Crippen molar-refractivity contribution in [1.29, 1.82) is 0 Å². The molecule has 0 fully saturated rings. The second kappa shape index (κ2) is 20.0. The van der Waals surface area contributed by atoms with Crippen LogP contribution >= 0.6 is 0 Å². The van der Waals surface area contributed by atoms with Crippen LogP contribution in [0, 0.1) is 13.8 Å². The molecule has 0 atom stereocenters. The van der Waals surface area contributed by atoms with E-state index in [9.17, 15) is 0 Å². The van der Waals surface area contributed by atoms with Crippen molar-refractivity contribution < 1.29 is 50.7 Å². The third-order valence-corrected chi connectivity index (χ3v) is 1.66. The van der Waals surface area contributed by atoms with Crippen LogP contribution in [0.3, 0.4) is 0 Å². The first-order valence-corrected chi connectivity index (χ1v) is 10.2. The molecule has 2 aromatic carbocycles. The summed E-state index contributed by atoms with van der Waals surface area (Å²) in [6, 6.07) is 16.5. The van der Waals surface area contributed by atoms with Gasteiger partial charge < -0.3 is 24.8 Å². The molecule has 0 nitrogen and oxygen atoms in total. The average molecular weight is 511 g/mol. The first-order valence-electron chi connectivity index (χ1n) is 5.31. The Hall–Kier alpha value is 0.693. The Balaban J connectivity index is -0.0000000793. The van der Waals surface area contributed by atoms with Crippen molar-refractivity contribution in [2.45, 2.75) is 25.4 Å². The van der Waals surface area contributed by atoms with Crippen LogP contribution in [0.2, 0.25) is 11.5 Å². The summed E-state index contributed by atoms with van der Waals surface area (Å²) in [7, 11) is 0. The molecule has 0 aliphatic rings. The van der Waals surface area contributed by atoms with Gasteiger partial charge in [-0.15, -0.1) is 0 Å². The van der Waals surface area contributed by atoms with Gasteiger partial charge in [0.2, 0.25) is 0 Å². The summed E-state index contributed by atoms with van der Waals surface area (Å²) in [6.07, 6.45) is 0. The molecule has 0 bridgehead atoms. The summed E-state index contributed by atoms with van der Waals surface area (Å²) >= 11 is 0.312. The van der Waals surface area contributed by atoms with Crippen LogP contribution < -0.4 is 24.8 Å². The largest absolute Gasteiger partial charge is 4.00 e. The van der Waals surface area contributed by atoms with Gasteiger partial charge in [0.05, 0.1) is 0 Å². The molecule has 0 spiro atoms. The first kappa shape index (κ1) is 27.1. The molecule has 99 valence electrons. The Morgan fingerprint density at radius 2 is 0.833 bits per heavy atom. The molecule has 2 aromatic rings. The van der Waals surface area contributed by atoms with Crippen molar-refractivity contribution >= 4 is 15.4 Å². The molecule has 1 radical (unpaired) electrons. The first-order chi connectivity index (χ1) is 7.20. The van der Waals surface area contributed by atoms with Crippen LogP contribution in [0.1, 0.15) is 11.1 Å². The van der Waals surface area contributed by atoms with Crippen LogP contribution in [-0.2, 0) is 25.8 Å². The van der Waals surface area contributed by atoms with Crippen LogP contribution in [0.5, 0.6) is 0 Å². The van der Waals surface area contributed by atoms with E-state index in [0.717, 1.165) is 0 Å². The Morgan fingerprint density at radius 1 is 0.667 bits per heavy atom. The number of hydrogen-bond acceptors (Lipinski definition) is 0. The third kappa shape index (κ3) is 19.0. The quantitative estimate of drug-likeness (QED) is 0.283. The number of hydrogen-bond donors (Lipinski definition) is 0. The fourth-order valence-corrected chi connectivity index (χ4v) is 0.940. The van der Waals surface area contributed by atoms with Crippen molar-refractivity contribution in [2.75, 3.05) is 0 Å². The van der Waals surface area contributed by atoms with Crippen molar-refractivity contribution in [2.24, 2.45) is 0 Å². The van der Waals surface area contributed by atoms with E-state index >= 15 is 0 Å². The van der Waals surface area contributed by atoms with Gasteiger partial charge >= 0.3 is 52.8 Å². The Labute approximate surface area is 150 Å². The molecule has 0 aliphatic carbocycles. The van der Waals surface area contributed by atoms with Crippen molar-refractivity contribution in [3.63, 3.8) is 0 Å². The fourth-order valence-electron chi connectivity index (χ4n) is 0.940. The average Bonchev–Trinajstić information content (AvgIpc) is 2.81. The maximum absolute atomic E-state index is 2.28. The number of aryl methyl sites for hydroxylation is 2. The van der Waals surface area contributed by atoms with Gasteiger partial charge in [0, 0.05) is 0 Å². The van der Waals surface area contributed by atoms with E-state index in [4.69, 9.17) is 0 Å². The molecular formula is C14H21Cl2GeHf. The minimum Gasteiger partial charge on any atom is -1.00 e. The fraction of sp³-hybridized carbons (Fsp3) is 0.286. The standard InChI is InChI=1S/2C6H7.C2H7Ge.2ClH.Hf/c2*1-6-4-2-3-5-6;1-3-2;;;/h2*2-5H,1H3;3H,1-2H3;2*1H;/q2*-1;;;;+4/p-2. The maximum atomic E-state index is 2.28. The smallest absolute Gasteiger partial charge is 1.00 e. The Bertz CT molecular complexity index is 272. The molecule has 2 rings (SSSR count). The minimum atomic E-state index is 0. The van der Waals surface area contributed by atoms with Crippen LogP contribution in [-0.4, -0.2) is 15.4 Å². The summed E-state index contributed by atoms with van der Waals surface area (Å²) in [5.74, 6) is 4.56. The van der Waals surface area contributed by atoms with Gasteiger partial charge in [-0.25, -0.2) is 24.3 Å². The van der Waals surface area contributed by atoms with Crippen LogP contribution in [0.4, 0.5) is 0 Å². The van der Waals surface area contributed by atoms with Crippen molar-refractivity contribution in [3.8, 4) is 0 Å². The molecule has 0 saturated carbocycles. The summed E-state index contributed by atoms with van der Waals surface area (Å²) in [5.41, 5.74) is 2.69. The predicted molar refractivity (Wildman–Crippen MR) is 72.4 cm³/mol. The molecule has 4 heteroatoms. The number of halogens is 2. The molecular weight excluding hydrogens is 490 g/mol. The predicted octanol–water partition coefficient (Wildman–Crippen LogP) is -2.05. The molecule has 0 aromatic heterocycles. The molecule has 0 amide bonds. The van der Waals surface area contributed by atoms with Gasteiger partial charge in [-0.1, -0.05) is 13.8 Å². The minimum absolute atomic E-state index is 0.